The van der Waals surface area contributed by atoms with Gasteiger partial charge in [-0.3, -0.25) is 9.20 Å². The molecule has 0 unspecified atom stereocenters. The minimum atomic E-state index is -0.0217. The molecule has 0 aliphatic heterocycles. The summed E-state index contributed by atoms with van der Waals surface area (Å²) in [6, 6.07) is 3.81. The van der Waals surface area contributed by atoms with Crippen LogP contribution in [0, 0.1) is 5.92 Å². The lowest BCUT2D eigenvalue weighted by molar-refractivity contribution is 0.0951. The molecular weight excluding hydrogens is 338 g/mol. The molecule has 0 saturated heterocycles. The Bertz CT molecular complexity index is 750. The van der Waals surface area contributed by atoms with Crippen molar-refractivity contribution in [3.8, 4) is 0 Å². The number of imidazole rings is 1. The molecular formula is C21H35N5O. The van der Waals surface area contributed by atoms with E-state index in [4.69, 9.17) is 4.98 Å². The van der Waals surface area contributed by atoms with Gasteiger partial charge in [0.15, 0.2) is 0 Å². The van der Waals surface area contributed by atoms with E-state index in [2.05, 4.69) is 61.3 Å². The van der Waals surface area contributed by atoms with E-state index in [0.717, 1.165) is 49.6 Å². The Morgan fingerprint density at radius 1 is 1.22 bits per heavy atom. The second-order valence-corrected chi connectivity index (χ2v) is 7.70. The van der Waals surface area contributed by atoms with Crippen LogP contribution < -0.4 is 10.2 Å². The number of hydrogen-bond donors (Lipinski definition) is 1. The van der Waals surface area contributed by atoms with E-state index in [1.165, 1.54) is 0 Å². The molecule has 0 aromatic carbocycles. The molecule has 27 heavy (non-hydrogen) atoms. The van der Waals surface area contributed by atoms with Gasteiger partial charge in [0, 0.05) is 32.4 Å². The zero-order valence-electron chi connectivity index (χ0n) is 17.7. The smallest absolute Gasteiger partial charge is 0.252 e. The summed E-state index contributed by atoms with van der Waals surface area (Å²) in [6.45, 7) is 12.1. The molecule has 2 rings (SSSR count). The second kappa shape index (κ2) is 9.74. The number of carbonyl (C=O) groups is 1. The molecule has 2 heterocycles. The fraction of sp³-hybridized carbons (Fsp3) is 0.619. The first-order chi connectivity index (χ1) is 12.9. The van der Waals surface area contributed by atoms with E-state index in [1.807, 2.05) is 18.3 Å². The molecule has 2 aromatic heterocycles. The van der Waals surface area contributed by atoms with Crippen LogP contribution in [0.4, 0.5) is 5.82 Å². The summed E-state index contributed by atoms with van der Waals surface area (Å²) < 4.78 is 2.08. The first kappa shape index (κ1) is 21.2. The van der Waals surface area contributed by atoms with Crippen molar-refractivity contribution in [2.75, 3.05) is 45.2 Å². The minimum absolute atomic E-state index is 0.0217. The molecule has 0 radical (unpaired) electrons. The molecule has 0 aliphatic carbocycles. The quantitative estimate of drug-likeness (QED) is 0.695. The average Bonchev–Trinajstić information content (AvgIpc) is 2.99. The summed E-state index contributed by atoms with van der Waals surface area (Å²) in [5, 5.41) is 3.03. The summed E-state index contributed by atoms with van der Waals surface area (Å²) in [7, 11) is 4.17. The predicted octanol–water partition coefficient (Wildman–Crippen LogP) is 3.06. The summed E-state index contributed by atoms with van der Waals surface area (Å²) in [5.74, 6) is 1.66. The number of pyridine rings is 1. The third kappa shape index (κ3) is 5.45. The molecule has 0 saturated carbocycles. The van der Waals surface area contributed by atoms with Crippen molar-refractivity contribution >= 4 is 17.4 Å². The molecule has 0 aliphatic rings. The van der Waals surface area contributed by atoms with Crippen molar-refractivity contribution in [1.29, 1.82) is 0 Å². The highest BCUT2D eigenvalue weighted by molar-refractivity contribution is 5.94. The Labute approximate surface area is 163 Å². The molecule has 1 amide bonds. The number of hydrogen-bond acceptors (Lipinski definition) is 4. The third-order valence-corrected chi connectivity index (χ3v) is 4.77. The van der Waals surface area contributed by atoms with Gasteiger partial charge in [0.05, 0.1) is 11.3 Å². The van der Waals surface area contributed by atoms with Crippen LogP contribution >= 0.6 is 0 Å². The summed E-state index contributed by atoms with van der Waals surface area (Å²) in [6.07, 6.45) is 3.78. The third-order valence-electron chi connectivity index (χ3n) is 4.77. The van der Waals surface area contributed by atoms with Gasteiger partial charge >= 0.3 is 0 Å². The first-order valence-corrected chi connectivity index (χ1v) is 10.1. The lowest BCUT2D eigenvalue weighted by atomic mass is 10.1. The van der Waals surface area contributed by atoms with Gasteiger partial charge in [-0.25, -0.2) is 4.98 Å². The fourth-order valence-electron chi connectivity index (χ4n) is 3.10. The van der Waals surface area contributed by atoms with Gasteiger partial charge in [-0.05, 0) is 51.9 Å². The van der Waals surface area contributed by atoms with Crippen LogP contribution in [0.2, 0.25) is 0 Å². The maximum Gasteiger partial charge on any atom is 0.252 e. The van der Waals surface area contributed by atoms with Gasteiger partial charge in [0.25, 0.3) is 5.91 Å². The molecule has 0 fully saturated rings. The van der Waals surface area contributed by atoms with Gasteiger partial charge in [-0.15, -0.1) is 0 Å². The zero-order valence-corrected chi connectivity index (χ0v) is 17.7. The van der Waals surface area contributed by atoms with E-state index >= 15 is 0 Å². The molecule has 6 nitrogen and oxygen atoms in total. The topological polar surface area (TPSA) is 52.9 Å². The van der Waals surface area contributed by atoms with Gasteiger partial charge < -0.3 is 15.1 Å². The number of rotatable bonds is 10. The van der Waals surface area contributed by atoms with Crippen molar-refractivity contribution in [2.24, 2.45) is 5.92 Å². The van der Waals surface area contributed by atoms with Gasteiger partial charge in [0.2, 0.25) is 0 Å². The first-order valence-electron chi connectivity index (χ1n) is 10.1. The maximum absolute atomic E-state index is 12.5. The van der Waals surface area contributed by atoms with Crippen LogP contribution in [0.15, 0.2) is 18.3 Å². The number of nitrogens with one attached hydrogen (secondary N) is 1. The normalized spacial score (nSPS) is 11.6. The van der Waals surface area contributed by atoms with Crippen molar-refractivity contribution in [1.82, 2.24) is 19.6 Å². The number of anilines is 1. The lowest BCUT2D eigenvalue weighted by Crippen LogP contribution is -2.33. The van der Waals surface area contributed by atoms with Crippen molar-refractivity contribution in [2.45, 2.75) is 40.5 Å². The second-order valence-electron chi connectivity index (χ2n) is 7.70. The van der Waals surface area contributed by atoms with E-state index in [9.17, 15) is 4.79 Å². The van der Waals surface area contributed by atoms with E-state index in [1.54, 1.807) is 0 Å². The Morgan fingerprint density at radius 2 is 1.96 bits per heavy atom. The van der Waals surface area contributed by atoms with Crippen LogP contribution in [0.5, 0.6) is 0 Å². The number of fused-ring (bicyclic) bond motifs is 1. The molecule has 150 valence electrons. The summed E-state index contributed by atoms with van der Waals surface area (Å²) >= 11 is 0. The van der Waals surface area contributed by atoms with Crippen LogP contribution in [0.3, 0.4) is 0 Å². The minimum Gasteiger partial charge on any atom is -0.355 e. The highest BCUT2D eigenvalue weighted by atomic mass is 16.1. The van der Waals surface area contributed by atoms with E-state index < -0.39 is 0 Å². The molecule has 6 heteroatoms. The number of nitrogens with zero attached hydrogens (tertiary/aromatic N) is 4. The predicted molar refractivity (Wildman–Crippen MR) is 113 cm³/mol. The Balaban J connectivity index is 2.33. The molecule has 0 bridgehead atoms. The van der Waals surface area contributed by atoms with Crippen molar-refractivity contribution in [3.63, 3.8) is 0 Å². The Hall–Kier alpha value is -2.08. The van der Waals surface area contributed by atoms with Gasteiger partial charge in [-0.2, -0.15) is 0 Å². The zero-order chi connectivity index (χ0) is 20.0. The number of likely N-dealkylation sites (N-methyl/N-ethyl adjacent to an activating group) is 2. The standard InChI is InChI=1S/C21H35N5O/c1-7-18-21(25(8-2)14-13-24(5)6)26-15-17(9-10-19(26)23-18)20(27)22-12-11-16(3)4/h9-10,15-16H,7-8,11-14H2,1-6H3,(H,22,27). The number of aryl methyl sites for hydroxylation is 1. The molecule has 0 atom stereocenters. The summed E-state index contributed by atoms with van der Waals surface area (Å²) in [5.41, 5.74) is 2.65. The number of amides is 1. The van der Waals surface area contributed by atoms with Crippen LogP contribution in [-0.4, -0.2) is 60.5 Å². The van der Waals surface area contributed by atoms with Crippen LogP contribution in [-0.2, 0) is 6.42 Å². The average molecular weight is 374 g/mol. The fourth-order valence-corrected chi connectivity index (χ4v) is 3.10. The molecule has 0 spiro atoms. The number of carbonyl (C=O) groups excluding carboxylic acids is 1. The van der Waals surface area contributed by atoms with Crippen LogP contribution in [0.1, 0.15) is 50.2 Å². The van der Waals surface area contributed by atoms with E-state index in [0.29, 0.717) is 18.0 Å². The lowest BCUT2D eigenvalue weighted by Gasteiger charge is -2.25. The van der Waals surface area contributed by atoms with E-state index in [-0.39, 0.29) is 5.91 Å². The Morgan fingerprint density at radius 3 is 2.56 bits per heavy atom. The van der Waals surface area contributed by atoms with Gasteiger partial charge in [0.1, 0.15) is 11.5 Å². The molecule has 2 aromatic rings. The van der Waals surface area contributed by atoms with Crippen molar-refractivity contribution in [3.05, 3.63) is 29.6 Å². The Kier molecular flexibility index (Phi) is 7.66. The van der Waals surface area contributed by atoms with Gasteiger partial charge in [-0.1, -0.05) is 20.8 Å². The number of aromatic nitrogens is 2. The highest BCUT2D eigenvalue weighted by Gasteiger charge is 2.18. The SMILES string of the molecule is CCc1nc2ccc(C(=O)NCCC(C)C)cn2c1N(CC)CCN(C)C. The highest BCUT2D eigenvalue weighted by Crippen LogP contribution is 2.24. The van der Waals surface area contributed by atoms with Crippen molar-refractivity contribution < 1.29 is 4.79 Å². The largest absolute Gasteiger partial charge is 0.355 e. The van der Waals surface area contributed by atoms with Crippen LogP contribution in [0.25, 0.3) is 5.65 Å². The molecule has 1 N–H and O–H groups in total. The monoisotopic (exact) mass is 373 g/mol. The summed E-state index contributed by atoms with van der Waals surface area (Å²) in [4.78, 5) is 21.9. The maximum atomic E-state index is 12.5.